The van der Waals surface area contributed by atoms with Crippen LogP contribution in [0.3, 0.4) is 0 Å². The van der Waals surface area contributed by atoms with E-state index in [1.54, 1.807) is 0 Å². The number of hydrogen-bond donors (Lipinski definition) is 1. The molecule has 1 N–H and O–H groups in total. The summed E-state index contributed by atoms with van der Waals surface area (Å²) in [6.45, 7) is 1.76. The Morgan fingerprint density at radius 1 is 0.840 bits per heavy atom. The molecule has 0 unspecified atom stereocenters. The molecule has 0 amide bonds. The highest BCUT2D eigenvalue weighted by Gasteiger charge is 2.07. The minimum absolute atomic E-state index is 0.843. The van der Waals surface area contributed by atoms with Gasteiger partial charge in [-0.2, -0.15) is 0 Å². The van der Waals surface area contributed by atoms with Crippen LogP contribution in [0.4, 0.5) is 0 Å². The third kappa shape index (κ3) is 3.62. The van der Waals surface area contributed by atoms with Crippen molar-refractivity contribution in [3.05, 3.63) is 90.3 Å². The standard InChI is InChI=1S/C22H21N3/c1-25(15-17-7-3-2-4-8-17)16-21-14-23-22(24-21)20-12-11-18-9-5-6-10-19(18)13-20/h2-14H,15-16H2,1H3,(H,23,24). The maximum absolute atomic E-state index is 4.57. The lowest BCUT2D eigenvalue weighted by atomic mass is 10.1. The number of fused-ring (bicyclic) bond motifs is 1. The highest BCUT2D eigenvalue weighted by atomic mass is 15.1. The van der Waals surface area contributed by atoms with Gasteiger partial charge in [-0.05, 0) is 29.4 Å². The minimum Gasteiger partial charge on any atom is -0.341 e. The Morgan fingerprint density at radius 2 is 1.60 bits per heavy atom. The summed E-state index contributed by atoms with van der Waals surface area (Å²) in [5, 5.41) is 2.49. The van der Waals surface area contributed by atoms with Gasteiger partial charge in [-0.1, -0.05) is 66.7 Å². The summed E-state index contributed by atoms with van der Waals surface area (Å²) in [6.07, 6.45) is 1.94. The van der Waals surface area contributed by atoms with Gasteiger partial charge >= 0.3 is 0 Å². The molecular weight excluding hydrogens is 306 g/mol. The third-order valence-corrected chi connectivity index (χ3v) is 4.39. The highest BCUT2D eigenvalue weighted by molar-refractivity contribution is 5.86. The second kappa shape index (κ2) is 6.91. The zero-order valence-electron chi connectivity index (χ0n) is 14.3. The van der Waals surface area contributed by atoms with Gasteiger partial charge in [-0.3, -0.25) is 4.90 Å². The number of H-pyrrole nitrogens is 1. The molecule has 4 aromatic rings. The van der Waals surface area contributed by atoms with Gasteiger partial charge in [0.05, 0.1) is 0 Å². The molecule has 0 spiro atoms. The molecule has 3 heteroatoms. The lowest BCUT2D eigenvalue weighted by Gasteiger charge is -2.15. The van der Waals surface area contributed by atoms with Crippen molar-refractivity contribution in [1.82, 2.24) is 14.9 Å². The average molecular weight is 327 g/mol. The van der Waals surface area contributed by atoms with E-state index in [2.05, 4.69) is 88.6 Å². The van der Waals surface area contributed by atoms with Crippen LogP contribution in [0.25, 0.3) is 22.2 Å². The average Bonchev–Trinajstić information content (AvgIpc) is 3.10. The SMILES string of the molecule is CN(Cc1ccccc1)Cc1cnc(-c2ccc3ccccc3c2)[nH]1. The van der Waals surface area contributed by atoms with Gasteiger partial charge < -0.3 is 4.98 Å². The van der Waals surface area contributed by atoms with Crippen LogP contribution < -0.4 is 0 Å². The second-order valence-corrected chi connectivity index (χ2v) is 6.48. The first-order valence-electron chi connectivity index (χ1n) is 8.53. The van der Waals surface area contributed by atoms with Crippen molar-refractivity contribution in [2.75, 3.05) is 7.05 Å². The van der Waals surface area contributed by atoms with E-state index < -0.39 is 0 Å². The highest BCUT2D eigenvalue weighted by Crippen LogP contribution is 2.22. The number of benzene rings is 3. The smallest absolute Gasteiger partial charge is 0.137 e. The van der Waals surface area contributed by atoms with Gasteiger partial charge in [0.15, 0.2) is 0 Å². The third-order valence-electron chi connectivity index (χ3n) is 4.39. The van der Waals surface area contributed by atoms with E-state index in [-0.39, 0.29) is 0 Å². The monoisotopic (exact) mass is 327 g/mol. The number of aromatic amines is 1. The molecule has 0 radical (unpaired) electrons. The molecule has 0 atom stereocenters. The lowest BCUT2D eigenvalue weighted by Crippen LogP contribution is -2.17. The number of nitrogens with one attached hydrogen (secondary N) is 1. The molecule has 0 saturated carbocycles. The van der Waals surface area contributed by atoms with Crippen LogP contribution in [0.15, 0.2) is 79.0 Å². The van der Waals surface area contributed by atoms with E-state index in [0.717, 1.165) is 30.2 Å². The van der Waals surface area contributed by atoms with Gasteiger partial charge in [-0.25, -0.2) is 4.98 Å². The fourth-order valence-electron chi connectivity index (χ4n) is 3.16. The van der Waals surface area contributed by atoms with Crippen molar-refractivity contribution in [1.29, 1.82) is 0 Å². The fourth-order valence-corrected chi connectivity index (χ4v) is 3.16. The van der Waals surface area contributed by atoms with Gasteiger partial charge in [0.25, 0.3) is 0 Å². The Labute approximate surface area is 148 Å². The van der Waals surface area contributed by atoms with Gasteiger partial charge in [0.2, 0.25) is 0 Å². The van der Waals surface area contributed by atoms with Gasteiger partial charge in [-0.15, -0.1) is 0 Å². The molecular formula is C22H21N3. The molecule has 0 aliphatic carbocycles. The Balaban J connectivity index is 1.49. The summed E-state index contributed by atoms with van der Waals surface area (Å²) in [6, 6.07) is 25.4. The maximum atomic E-state index is 4.57. The van der Waals surface area contributed by atoms with Crippen LogP contribution in [0.5, 0.6) is 0 Å². The maximum Gasteiger partial charge on any atom is 0.137 e. The van der Waals surface area contributed by atoms with Crippen molar-refractivity contribution in [3.8, 4) is 11.4 Å². The molecule has 0 bridgehead atoms. The Morgan fingerprint density at radius 3 is 2.44 bits per heavy atom. The molecule has 1 aromatic heterocycles. The van der Waals surface area contributed by atoms with Crippen molar-refractivity contribution >= 4 is 10.8 Å². The summed E-state index contributed by atoms with van der Waals surface area (Å²) in [7, 11) is 2.13. The quantitative estimate of drug-likeness (QED) is 0.567. The number of hydrogen-bond acceptors (Lipinski definition) is 2. The summed E-state index contributed by atoms with van der Waals surface area (Å²) in [5.41, 5.74) is 3.57. The summed E-state index contributed by atoms with van der Waals surface area (Å²) >= 11 is 0. The normalized spacial score (nSPS) is 11.3. The molecule has 3 nitrogen and oxygen atoms in total. The molecule has 0 aliphatic rings. The first-order valence-corrected chi connectivity index (χ1v) is 8.53. The van der Waals surface area contributed by atoms with Crippen molar-refractivity contribution in [3.63, 3.8) is 0 Å². The van der Waals surface area contributed by atoms with Crippen molar-refractivity contribution < 1.29 is 0 Å². The Bertz CT molecular complexity index is 973. The predicted molar refractivity (Wildman–Crippen MR) is 103 cm³/mol. The van der Waals surface area contributed by atoms with Crippen LogP contribution in [0.1, 0.15) is 11.3 Å². The summed E-state index contributed by atoms with van der Waals surface area (Å²) < 4.78 is 0. The molecule has 25 heavy (non-hydrogen) atoms. The zero-order chi connectivity index (χ0) is 17.1. The summed E-state index contributed by atoms with van der Waals surface area (Å²) in [5.74, 6) is 0.925. The van der Waals surface area contributed by atoms with Crippen molar-refractivity contribution in [2.45, 2.75) is 13.1 Å². The van der Waals surface area contributed by atoms with Crippen LogP contribution in [-0.4, -0.2) is 21.9 Å². The Hall–Kier alpha value is -2.91. The summed E-state index contributed by atoms with van der Waals surface area (Å²) in [4.78, 5) is 10.3. The fraction of sp³-hybridized carbons (Fsp3) is 0.136. The van der Waals surface area contributed by atoms with E-state index in [4.69, 9.17) is 0 Å². The second-order valence-electron chi connectivity index (χ2n) is 6.48. The number of aromatic nitrogens is 2. The number of nitrogens with zero attached hydrogens (tertiary/aromatic N) is 2. The predicted octanol–water partition coefficient (Wildman–Crippen LogP) is 4.86. The van der Waals surface area contributed by atoms with Crippen LogP contribution in [-0.2, 0) is 13.1 Å². The van der Waals surface area contributed by atoms with Crippen molar-refractivity contribution in [2.24, 2.45) is 0 Å². The molecule has 0 aliphatic heterocycles. The van der Waals surface area contributed by atoms with Crippen LogP contribution in [0, 0.1) is 0 Å². The first kappa shape index (κ1) is 15.6. The molecule has 124 valence electrons. The van der Waals surface area contributed by atoms with E-state index in [1.807, 2.05) is 12.3 Å². The molecule has 4 rings (SSSR count). The molecule has 0 saturated heterocycles. The van der Waals surface area contributed by atoms with E-state index in [1.165, 1.54) is 16.3 Å². The van der Waals surface area contributed by atoms with Gasteiger partial charge in [0.1, 0.15) is 5.82 Å². The number of imidazole rings is 1. The molecule has 0 fully saturated rings. The van der Waals surface area contributed by atoms with Gasteiger partial charge in [0, 0.05) is 30.5 Å². The van der Waals surface area contributed by atoms with E-state index >= 15 is 0 Å². The topological polar surface area (TPSA) is 31.9 Å². The van der Waals surface area contributed by atoms with E-state index in [9.17, 15) is 0 Å². The largest absolute Gasteiger partial charge is 0.341 e. The number of rotatable bonds is 5. The molecule has 3 aromatic carbocycles. The van der Waals surface area contributed by atoms with Crippen LogP contribution >= 0.6 is 0 Å². The zero-order valence-corrected chi connectivity index (χ0v) is 14.3. The molecule has 1 heterocycles. The minimum atomic E-state index is 0.843. The first-order chi connectivity index (χ1) is 12.3. The lowest BCUT2D eigenvalue weighted by molar-refractivity contribution is 0.315. The van der Waals surface area contributed by atoms with E-state index in [0.29, 0.717) is 0 Å². The Kier molecular flexibility index (Phi) is 4.32. The van der Waals surface area contributed by atoms with Crippen LogP contribution in [0.2, 0.25) is 0 Å².